The summed E-state index contributed by atoms with van der Waals surface area (Å²) in [6, 6.07) is 8.77. The monoisotopic (exact) mass is 220 g/mol. The third-order valence-corrected chi connectivity index (χ3v) is 2.54. The van der Waals surface area contributed by atoms with E-state index in [9.17, 15) is 0 Å². The summed E-state index contributed by atoms with van der Waals surface area (Å²) in [5, 5.41) is 0. The lowest BCUT2D eigenvalue weighted by atomic mass is 9.75. The summed E-state index contributed by atoms with van der Waals surface area (Å²) in [7, 11) is 0. The summed E-state index contributed by atoms with van der Waals surface area (Å²) in [5.41, 5.74) is 3.41. The Morgan fingerprint density at radius 1 is 0.625 bits per heavy atom. The minimum atomic E-state index is 0.240. The van der Waals surface area contributed by atoms with Gasteiger partial charge in [-0.05, 0) is 22.0 Å². The minimum Gasteiger partial charge on any atom is -0.0683 e. The summed E-state index contributed by atoms with van der Waals surface area (Å²) in [6.07, 6.45) is 0. The van der Waals surface area contributed by atoms with Crippen LogP contribution in [0, 0.1) is 0 Å². The molecule has 0 unspecified atom stereocenters. The largest absolute Gasteiger partial charge is 0.0683 e. The van der Waals surface area contributed by atoms with Crippen molar-refractivity contribution in [2.45, 2.75) is 66.2 Å². The molecule has 1 rings (SSSR count). The Labute approximate surface area is 102 Å². The number of benzene rings is 1. The zero-order valence-electron chi connectivity index (χ0n) is 12.3. The first-order valence-electron chi connectivity index (χ1n) is 6.33. The summed E-state index contributed by atoms with van der Waals surface area (Å²) < 4.78 is 0. The van der Waals surface area contributed by atoms with Gasteiger partial charge < -0.3 is 0 Å². The molecular weight excluding hydrogens is 192 g/mol. The van der Waals surface area contributed by atoms with Crippen molar-refractivity contribution in [2.75, 3.05) is 0 Å². The van der Waals surface area contributed by atoms with E-state index in [2.05, 4.69) is 65.8 Å². The van der Waals surface area contributed by atoms with Gasteiger partial charge >= 0.3 is 0 Å². The Hall–Kier alpha value is -0.780. The second kappa shape index (κ2) is 5.52. The van der Waals surface area contributed by atoms with Gasteiger partial charge in [-0.1, -0.05) is 79.7 Å². The van der Waals surface area contributed by atoms with Gasteiger partial charge in [0.15, 0.2) is 0 Å². The van der Waals surface area contributed by atoms with Crippen molar-refractivity contribution in [3.8, 4) is 0 Å². The van der Waals surface area contributed by atoms with Crippen molar-refractivity contribution in [3.05, 3.63) is 35.4 Å². The van der Waals surface area contributed by atoms with Crippen molar-refractivity contribution in [3.63, 3.8) is 0 Å². The van der Waals surface area contributed by atoms with Crippen molar-refractivity contribution in [1.82, 2.24) is 0 Å². The maximum atomic E-state index is 2.28. The van der Waals surface area contributed by atoms with Crippen molar-refractivity contribution >= 4 is 0 Å². The SMILES string of the molecule is CC.CC(C)(C)c1ccccc1C(C)(C)C. The molecule has 0 radical (unpaired) electrons. The highest BCUT2D eigenvalue weighted by molar-refractivity contribution is 5.37. The summed E-state index contributed by atoms with van der Waals surface area (Å²) in [4.78, 5) is 0. The molecular formula is C16H28. The average molecular weight is 220 g/mol. The maximum absolute atomic E-state index is 2.28. The van der Waals surface area contributed by atoms with Gasteiger partial charge in [0.05, 0.1) is 0 Å². The molecule has 0 nitrogen and oxygen atoms in total. The lowest BCUT2D eigenvalue weighted by molar-refractivity contribution is 0.530. The van der Waals surface area contributed by atoms with E-state index < -0.39 is 0 Å². The van der Waals surface area contributed by atoms with Gasteiger partial charge in [-0.2, -0.15) is 0 Å². The van der Waals surface area contributed by atoms with E-state index in [4.69, 9.17) is 0 Å². The van der Waals surface area contributed by atoms with Crippen molar-refractivity contribution < 1.29 is 0 Å². The molecule has 0 atom stereocenters. The van der Waals surface area contributed by atoms with Gasteiger partial charge in [0.25, 0.3) is 0 Å². The Morgan fingerprint density at radius 2 is 0.875 bits per heavy atom. The Morgan fingerprint density at radius 3 is 1.06 bits per heavy atom. The molecule has 0 heteroatoms. The smallest absolute Gasteiger partial charge is 0.0129 e. The van der Waals surface area contributed by atoms with Crippen LogP contribution in [-0.2, 0) is 10.8 Å². The van der Waals surface area contributed by atoms with Crippen LogP contribution in [0.5, 0.6) is 0 Å². The molecule has 0 N–H and O–H groups in total. The van der Waals surface area contributed by atoms with E-state index in [-0.39, 0.29) is 10.8 Å². The average Bonchev–Trinajstić information content (AvgIpc) is 2.18. The Bertz CT molecular complexity index is 275. The highest BCUT2D eigenvalue weighted by Crippen LogP contribution is 2.33. The Kier molecular flexibility index (Phi) is 5.25. The molecule has 0 aliphatic rings. The fraction of sp³-hybridized carbons (Fsp3) is 0.625. The first kappa shape index (κ1) is 15.2. The van der Waals surface area contributed by atoms with Gasteiger partial charge in [0, 0.05) is 0 Å². The van der Waals surface area contributed by atoms with Crippen LogP contribution in [0.3, 0.4) is 0 Å². The molecule has 1 aromatic rings. The molecule has 0 heterocycles. The van der Waals surface area contributed by atoms with Crippen LogP contribution < -0.4 is 0 Å². The van der Waals surface area contributed by atoms with Crippen molar-refractivity contribution in [1.29, 1.82) is 0 Å². The van der Waals surface area contributed by atoms with Gasteiger partial charge in [-0.3, -0.25) is 0 Å². The fourth-order valence-corrected chi connectivity index (χ4v) is 1.79. The van der Waals surface area contributed by atoms with E-state index in [1.165, 1.54) is 11.1 Å². The van der Waals surface area contributed by atoms with Crippen molar-refractivity contribution in [2.24, 2.45) is 0 Å². The molecule has 16 heavy (non-hydrogen) atoms. The fourth-order valence-electron chi connectivity index (χ4n) is 1.79. The van der Waals surface area contributed by atoms with E-state index in [1.54, 1.807) is 0 Å². The van der Waals surface area contributed by atoms with Gasteiger partial charge in [0.1, 0.15) is 0 Å². The van der Waals surface area contributed by atoms with Crippen LogP contribution >= 0.6 is 0 Å². The van der Waals surface area contributed by atoms with E-state index in [1.807, 2.05) is 13.8 Å². The van der Waals surface area contributed by atoms with Crippen LogP contribution in [0.4, 0.5) is 0 Å². The third-order valence-electron chi connectivity index (χ3n) is 2.54. The van der Waals surface area contributed by atoms with E-state index in [0.29, 0.717) is 0 Å². The second-order valence-corrected chi connectivity index (χ2v) is 6.05. The van der Waals surface area contributed by atoms with E-state index in [0.717, 1.165) is 0 Å². The van der Waals surface area contributed by atoms with Gasteiger partial charge in [-0.25, -0.2) is 0 Å². The highest BCUT2D eigenvalue weighted by Gasteiger charge is 2.23. The van der Waals surface area contributed by atoms with Crippen LogP contribution in [-0.4, -0.2) is 0 Å². The number of rotatable bonds is 0. The normalized spacial score (nSPS) is 11.8. The molecule has 0 saturated heterocycles. The molecule has 1 aromatic carbocycles. The zero-order valence-corrected chi connectivity index (χ0v) is 12.3. The molecule has 92 valence electrons. The van der Waals surface area contributed by atoms with Crippen LogP contribution in [0.25, 0.3) is 0 Å². The second-order valence-electron chi connectivity index (χ2n) is 6.05. The maximum Gasteiger partial charge on any atom is -0.0129 e. The quantitative estimate of drug-likeness (QED) is 0.556. The predicted octanol–water partition coefficient (Wildman–Crippen LogP) is 5.31. The molecule has 0 aromatic heterocycles. The van der Waals surface area contributed by atoms with Crippen LogP contribution in [0.2, 0.25) is 0 Å². The molecule has 0 amide bonds. The number of hydrogen-bond donors (Lipinski definition) is 0. The topological polar surface area (TPSA) is 0 Å². The number of hydrogen-bond acceptors (Lipinski definition) is 0. The third kappa shape index (κ3) is 4.00. The molecule has 0 bridgehead atoms. The molecule has 0 fully saturated rings. The molecule has 0 aliphatic heterocycles. The van der Waals surface area contributed by atoms with Crippen LogP contribution in [0.1, 0.15) is 66.5 Å². The lowest BCUT2D eigenvalue weighted by Crippen LogP contribution is -2.21. The summed E-state index contributed by atoms with van der Waals surface area (Å²) in [6.45, 7) is 17.7. The lowest BCUT2D eigenvalue weighted by Gasteiger charge is -2.29. The standard InChI is InChI=1S/C14H22.C2H6/c1-13(2,3)11-9-7-8-10-12(11)14(4,5)6;1-2/h7-10H,1-6H3;1-2H3. The molecule has 0 spiro atoms. The Balaban J connectivity index is 0.00000106. The first-order valence-corrected chi connectivity index (χ1v) is 6.33. The highest BCUT2D eigenvalue weighted by atomic mass is 14.3. The molecule has 0 saturated carbocycles. The zero-order chi connectivity index (χ0) is 13.0. The van der Waals surface area contributed by atoms with Gasteiger partial charge in [0.2, 0.25) is 0 Å². The van der Waals surface area contributed by atoms with Gasteiger partial charge in [-0.15, -0.1) is 0 Å². The predicted molar refractivity (Wildman–Crippen MR) is 75.2 cm³/mol. The summed E-state index contributed by atoms with van der Waals surface area (Å²) in [5.74, 6) is 0. The van der Waals surface area contributed by atoms with Crippen LogP contribution in [0.15, 0.2) is 24.3 Å². The summed E-state index contributed by atoms with van der Waals surface area (Å²) >= 11 is 0. The van der Waals surface area contributed by atoms with E-state index >= 15 is 0 Å². The first-order chi connectivity index (χ1) is 7.23. The minimum absolute atomic E-state index is 0.240. The molecule has 0 aliphatic carbocycles.